The van der Waals surface area contributed by atoms with Gasteiger partial charge in [-0.05, 0) is 80.4 Å². The smallest absolute Gasteiger partial charge is 0.254 e. The Bertz CT molecular complexity index is 1010. The van der Waals surface area contributed by atoms with Crippen LogP contribution in [0, 0.1) is 23.5 Å². The number of amides is 1. The summed E-state index contributed by atoms with van der Waals surface area (Å²) < 4.78 is 33.2. The zero-order chi connectivity index (χ0) is 26.5. The van der Waals surface area contributed by atoms with E-state index in [9.17, 15) is 13.6 Å². The zero-order valence-electron chi connectivity index (χ0n) is 22.8. The maximum atomic E-state index is 14.1. The highest BCUT2D eigenvalue weighted by Gasteiger charge is 2.44. The molecule has 0 radical (unpaired) electrons. The standard InChI is InChI=1S/C31H42F2N2O2/c1-21(2)13-15-34(16-14-22(3)4)20-23-5-7-24(8-6-23)31(36)35-26-10-11-27(35)19-28(18-26)37-30-12-9-25(32)17-29(30)33/h5-9,12,17,21-22,26-28H,10-11,13-16,18-20H2,1-4H3. The molecule has 4 nitrogen and oxygen atoms in total. The van der Waals surface area contributed by atoms with Crippen molar-refractivity contribution in [3.8, 4) is 5.75 Å². The minimum absolute atomic E-state index is 0.0712. The van der Waals surface area contributed by atoms with E-state index >= 15 is 0 Å². The Morgan fingerprint density at radius 1 is 0.946 bits per heavy atom. The third kappa shape index (κ3) is 7.31. The number of benzene rings is 2. The van der Waals surface area contributed by atoms with Crippen molar-refractivity contribution in [2.75, 3.05) is 13.1 Å². The molecule has 0 aromatic heterocycles. The lowest BCUT2D eigenvalue weighted by Gasteiger charge is -2.39. The SMILES string of the molecule is CC(C)CCN(CCC(C)C)Cc1ccc(C(=O)N2C3CCC2CC(Oc2ccc(F)cc2F)C3)cc1. The van der Waals surface area contributed by atoms with Crippen molar-refractivity contribution in [1.29, 1.82) is 0 Å². The molecule has 0 saturated carbocycles. The molecule has 37 heavy (non-hydrogen) atoms. The highest BCUT2D eigenvalue weighted by atomic mass is 19.1. The summed E-state index contributed by atoms with van der Waals surface area (Å²) in [6.07, 6.45) is 5.39. The predicted molar refractivity (Wildman–Crippen MR) is 144 cm³/mol. The van der Waals surface area contributed by atoms with Gasteiger partial charge < -0.3 is 9.64 Å². The Kier molecular flexibility index (Phi) is 9.22. The predicted octanol–water partition coefficient (Wildman–Crippen LogP) is 7.07. The molecule has 2 aromatic rings. The third-order valence-corrected chi connectivity index (χ3v) is 7.76. The summed E-state index contributed by atoms with van der Waals surface area (Å²) in [6.45, 7) is 12.2. The molecule has 6 heteroatoms. The van der Waals surface area contributed by atoms with Gasteiger partial charge in [-0.2, -0.15) is 0 Å². The van der Waals surface area contributed by atoms with Gasteiger partial charge in [0.25, 0.3) is 5.91 Å². The minimum Gasteiger partial charge on any atom is -0.487 e. The molecule has 4 rings (SSSR count). The Labute approximate surface area is 221 Å². The highest BCUT2D eigenvalue weighted by molar-refractivity contribution is 5.95. The first-order chi connectivity index (χ1) is 17.7. The molecule has 2 aromatic carbocycles. The molecule has 1 amide bonds. The number of carbonyl (C=O) groups excluding carboxylic acids is 1. The van der Waals surface area contributed by atoms with Gasteiger partial charge in [-0.1, -0.05) is 39.8 Å². The van der Waals surface area contributed by atoms with Gasteiger partial charge in [0.15, 0.2) is 11.6 Å². The van der Waals surface area contributed by atoms with Crippen LogP contribution in [0.1, 0.15) is 82.1 Å². The molecule has 2 atom stereocenters. The zero-order valence-corrected chi connectivity index (χ0v) is 22.8. The van der Waals surface area contributed by atoms with Crippen LogP contribution in [0.2, 0.25) is 0 Å². The Hall–Kier alpha value is -2.47. The molecule has 0 spiro atoms. The van der Waals surface area contributed by atoms with E-state index in [1.807, 2.05) is 17.0 Å². The highest BCUT2D eigenvalue weighted by Crippen LogP contribution is 2.38. The second kappa shape index (κ2) is 12.4. The summed E-state index contributed by atoms with van der Waals surface area (Å²) in [4.78, 5) is 18.0. The maximum Gasteiger partial charge on any atom is 0.254 e. The minimum atomic E-state index is -0.682. The van der Waals surface area contributed by atoms with Crippen LogP contribution in [0.4, 0.5) is 8.78 Å². The van der Waals surface area contributed by atoms with E-state index in [0.717, 1.165) is 44.1 Å². The molecule has 0 aliphatic carbocycles. The number of carbonyl (C=O) groups is 1. The summed E-state index contributed by atoms with van der Waals surface area (Å²) in [5.41, 5.74) is 1.96. The van der Waals surface area contributed by atoms with Crippen LogP contribution in [0.25, 0.3) is 0 Å². The fourth-order valence-corrected chi connectivity index (χ4v) is 5.62. The van der Waals surface area contributed by atoms with Gasteiger partial charge in [0, 0.05) is 43.1 Å². The Morgan fingerprint density at radius 3 is 2.08 bits per heavy atom. The summed E-state index contributed by atoms with van der Waals surface area (Å²) in [7, 11) is 0. The lowest BCUT2D eigenvalue weighted by Crippen LogP contribution is -2.49. The van der Waals surface area contributed by atoms with Gasteiger partial charge in [0.05, 0.1) is 0 Å². The largest absolute Gasteiger partial charge is 0.487 e. The normalized spacial score (nSPS) is 21.3. The van der Waals surface area contributed by atoms with Gasteiger partial charge in [0.1, 0.15) is 11.9 Å². The number of nitrogens with zero attached hydrogens (tertiary/aromatic N) is 2. The van der Waals surface area contributed by atoms with E-state index in [0.29, 0.717) is 24.7 Å². The molecular weight excluding hydrogens is 470 g/mol. The first-order valence-electron chi connectivity index (χ1n) is 13.9. The summed E-state index contributed by atoms with van der Waals surface area (Å²) in [6, 6.07) is 11.7. The fraction of sp³-hybridized carbons (Fsp3) is 0.581. The van der Waals surface area contributed by atoms with Crippen molar-refractivity contribution in [3.05, 3.63) is 65.2 Å². The van der Waals surface area contributed by atoms with Crippen LogP contribution >= 0.6 is 0 Å². The van der Waals surface area contributed by atoms with Gasteiger partial charge in [-0.15, -0.1) is 0 Å². The Morgan fingerprint density at radius 2 is 1.54 bits per heavy atom. The second-order valence-corrected chi connectivity index (χ2v) is 11.7. The van der Waals surface area contributed by atoms with E-state index < -0.39 is 11.6 Å². The third-order valence-electron chi connectivity index (χ3n) is 7.76. The molecule has 2 heterocycles. The number of halogens is 2. The van der Waals surface area contributed by atoms with Gasteiger partial charge in [0.2, 0.25) is 0 Å². The van der Waals surface area contributed by atoms with Crippen molar-refractivity contribution in [2.24, 2.45) is 11.8 Å². The Balaban J connectivity index is 1.36. The number of rotatable bonds is 11. The first-order valence-corrected chi connectivity index (χ1v) is 13.9. The number of ether oxygens (including phenoxy) is 1. The van der Waals surface area contributed by atoms with E-state index in [4.69, 9.17) is 4.74 Å². The maximum absolute atomic E-state index is 14.1. The second-order valence-electron chi connectivity index (χ2n) is 11.7. The lowest BCUT2D eigenvalue weighted by molar-refractivity contribution is 0.0349. The molecule has 202 valence electrons. The molecule has 2 unspecified atom stereocenters. The average Bonchev–Trinajstić information content (AvgIpc) is 3.12. The van der Waals surface area contributed by atoms with Crippen molar-refractivity contribution in [2.45, 2.75) is 91.0 Å². The summed E-state index contributed by atoms with van der Waals surface area (Å²) in [5.74, 6) is 0.217. The summed E-state index contributed by atoms with van der Waals surface area (Å²) in [5, 5.41) is 0. The van der Waals surface area contributed by atoms with E-state index in [-0.39, 0.29) is 29.8 Å². The van der Waals surface area contributed by atoms with Crippen LogP contribution < -0.4 is 4.74 Å². The first kappa shape index (κ1) is 27.6. The molecule has 0 N–H and O–H groups in total. The van der Waals surface area contributed by atoms with Gasteiger partial charge in [-0.3, -0.25) is 9.69 Å². The van der Waals surface area contributed by atoms with Crippen LogP contribution in [0.3, 0.4) is 0 Å². The van der Waals surface area contributed by atoms with Crippen molar-refractivity contribution >= 4 is 5.91 Å². The van der Waals surface area contributed by atoms with Crippen molar-refractivity contribution in [1.82, 2.24) is 9.80 Å². The molecule has 2 aliphatic rings. The fourth-order valence-electron chi connectivity index (χ4n) is 5.62. The average molecular weight is 513 g/mol. The lowest BCUT2D eigenvalue weighted by atomic mass is 9.98. The van der Waals surface area contributed by atoms with E-state index in [2.05, 4.69) is 44.7 Å². The van der Waals surface area contributed by atoms with Crippen molar-refractivity contribution in [3.63, 3.8) is 0 Å². The quantitative estimate of drug-likeness (QED) is 0.323. The van der Waals surface area contributed by atoms with Crippen molar-refractivity contribution < 1.29 is 18.3 Å². The molecular formula is C31H42F2N2O2. The topological polar surface area (TPSA) is 32.8 Å². The van der Waals surface area contributed by atoms with E-state index in [1.54, 1.807) is 0 Å². The molecule has 2 saturated heterocycles. The molecule has 2 fully saturated rings. The molecule has 2 bridgehead atoms. The monoisotopic (exact) mass is 512 g/mol. The van der Waals surface area contributed by atoms with Gasteiger partial charge >= 0.3 is 0 Å². The van der Waals surface area contributed by atoms with Gasteiger partial charge in [-0.25, -0.2) is 8.78 Å². The van der Waals surface area contributed by atoms with E-state index in [1.165, 1.54) is 30.5 Å². The van der Waals surface area contributed by atoms with Crippen LogP contribution in [-0.4, -0.2) is 47.0 Å². The number of piperidine rings is 1. The number of fused-ring (bicyclic) bond motifs is 2. The van der Waals surface area contributed by atoms with Crippen LogP contribution in [0.15, 0.2) is 42.5 Å². The number of hydrogen-bond acceptors (Lipinski definition) is 3. The van der Waals surface area contributed by atoms with Crippen LogP contribution in [-0.2, 0) is 6.54 Å². The molecule has 2 aliphatic heterocycles. The number of hydrogen-bond donors (Lipinski definition) is 0. The van der Waals surface area contributed by atoms with Crippen LogP contribution in [0.5, 0.6) is 5.75 Å². The summed E-state index contributed by atoms with van der Waals surface area (Å²) >= 11 is 0.